The van der Waals surface area contributed by atoms with Crippen molar-refractivity contribution in [2.75, 3.05) is 0 Å². The molecule has 0 atom stereocenters. The molecule has 3 nitrogen and oxygen atoms in total. The van der Waals surface area contributed by atoms with Crippen LogP contribution in [0.3, 0.4) is 0 Å². The van der Waals surface area contributed by atoms with Gasteiger partial charge < -0.3 is 4.74 Å². The molecule has 6 heteroatoms. The lowest BCUT2D eigenvalue weighted by atomic mass is 10.3. The second-order valence-corrected chi connectivity index (χ2v) is 5.31. The second-order valence-electron chi connectivity index (χ2n) is 2.85. The van der Waals surface area contributed by atoms with Gasteiger partial charge in [0.1, 0.15) is 12.1 Å². The Balaban J connectivity index is 2.31. The summed E-state index contributed by atoms with van der Waals surface area (Å²) in [6.07, 6.45) is 3.13. The fraction of sp³-hybridized carbons (Fsp3) is 0. The van der Waals surface area contributed by atoms with E-state index in [4.69, 9.17) is 16.3 Å². The van der Waals surface area contributed by atoms with E-state index >= 15 is 0 Å². The molecule has 0 bridgehead atoms. The largest absolute Gasteiger partial charge is 0.437 e. The predicted octanol–water partition coefficient (Wildman–Crippen LogP) is 4.29. The Morgan fingerprint density at radius 3 is 2.88 bits per heavy atom. The summed E-state index contributed by atoms with van der Waals surface area (Å²) in [6.45, 7) is 0. The molecule has 0 N–H and O–H groups in total. The molecular formula is C10H5BrClIN2O. The SMILES string of the molecule is Clc1ccc(Oc2ncncc2I)c(Br)c1. The van der Waals surface area contributed by atoms with Crippen molar-refractivity contribution < 1.29 is 4.74 Å². The fourth-order valence-corrected chi connectivity index (χ4v) is 2.21. The highest BCUT2D eigenvalue weighted by molar-refractivity contribution is 14.1. The Labute approximate surface area is 119 Å². The molecule has 2 rings (SSSR count). The van der Waals surface area contributed by atoms with Crippen molar-refractivity contribution in [2.45, 2.75) is 0 Å². The van der Waals surface area contributed by atoms with Gasteiger partial charge in [-0.1, -0.05) is 11.6 Å². The number of benzene rings is 1. The topological polar surface area (TPSA) is 35.0 Å². The Hall–Kier alpha value is -0.400. The van der Waals surface area contributed by atoms with Crippen LogP contribution in [0.4, 0.5) is 0 Å². The average Bonchev–Trinajstić information content (AvgIpc) is 2.25. The summed E-state index contributed by atoms with van der Waals surface area (Å²) in [5.74, 6) is 1.19. The van der Waals surface area contributed by atoms with E-state index in [0.717, 1.165) is 8.04 Å². The minimum Gasteiger partial charge on any atom is -0.437 e. The van der Waals surface area contributed by atoms with Crippen molar-refractivity contribution >= 4 is 50.1 Å². The molecule has 0 unspecified atom stereocenters. The van der Waals surface area contributed by atoms with Gasteiger partial charge in [-0.3, -0.25) is 0 Å². The Morgan fingerprint density at radius 1 is 1.38 bits per heavy atom. The molecule has 82 valence electrons. The molecule has 0 saturated heterocycles. The molecule has 16 heavy (non-hydrogen) atoms. The van der Waals surface area contributed by atoms with Crippen molar-refractivity contribution in [1.29, 1.82) is 0 Å². The van der Waals surface area contributed by atoms with Crippen LogP contribution in [0.1, 0.15) is 0 Å². The summed E-state index contributed by atoms with van der Waals surface area (Å²) < 4.78 is 7.27. The molecule has 0 fully saturated rings. The smallest absolute Gasteiger partial charge is 0.235 e. The van der Waals surface area contributed by atoms with Gasteiger partial charge >= 0.3 is 0 Å². The minimum absolute atomic E-state index is 0.527. The fourth-order valence-electron chi connectivity index (χ4n) is 1.04. The zero-order valence-corrected chi connectivity index (χ0v) is 12.3. The lowest BCUT2D eigenvalue weighted by molar-refractivity contribution is 0.455. The van der Waals surface area contributed by atoms with Gasteiger partial charge in [-0.05, 0) is 56.7 Å². The number of hydrogen-bond donors (Lipinski definition) is 0. The van der Waals surface area contributed by atoms with Crippen molar-refractivity contribution in [3.63, 3.8) is 0 Å². The second kappa shape index (κ2) is 5.29. The van der Waals surface area contributed by atoms with Gasteiger partial charge in [0.05, 0.1) is 8.04 Å². The summed E-state index contributed by atoms with van der Waals surface area (Å²) in [5.41, 5.74) is 0. The first-order valence-corrected chi connectivity index (χ1v) is 6.50. The maximum atomic E-state index is 5.84. The van der Waals surface area contributed by atoms with E-state index in [2.05, 4.69) is 48.5 Å². The molecule has 1 aromatic heterocycles. The van der Waals surface area contributed by atoms with Crippen molar-refractivity contribution in [1.82, 2.24) is 9.97 Å². The van der Waals surface area contributed by atoms with E-state index in [1.807, 2.05) is 0 Å². The third kappa shape index (κ3) is 2.83. The number of hydrogen-bond acceptors (Lipinski definition) is 3. The van der Waals surface area contributed by atoms with E-state index in [1.54, 1.807) is 24.4 Å². The van der Waals surface area contributed by atoms with Crippen LogP contribution in [0.15, 0.2) is 35.2 Å². The van der Waals surface area contributed by atoms with Crippen molar-refractivity contribution in [2.24, 2.45) is 0 Å². The zero-order valence-electron chi connectivity index (χ0n) is 7.82. The van der Waals surface area contributed by atoms with Crippen LogP contribution in [0, 0.1) is 3.57 Å². The Kier molecular flexibility index (Phi) is 3.99. The molecule has 0 saturated carbocycles. The van der Waals surface area contributed by atoms with Crippen LogP contribution in [0.5, 0.6) is 11.6 Å². The Morgan fingerprint density at radius 2 is 2.19 bits per heavy atom. The van der Waals surface area contributed by atoms with E-state index < -0.39 is 0 Å². The summed E-state index contributed by atoms with van der Waals surface area (Å²) in [4.78, 5) is 7.93. The monoisotopic (exact) mass is 410 g/mol. The molecule has 0 amide bonds. The molecule has 0 radical (unpaired) electrons. The van der Waals surface area contributed by atoms with Gasteiger partial charge in [0, 0.05) is 11.2 Å². The molecular weight excluding hydrogens is 406 g/mol. The normalized spacial score (nSPS) is 10.2. The number of rotatable bonds is 2. The maximum absolute atomic E-state index is 5.84. The van der Waals surface area contributed by atoms with Gasteiger partial charge in [0.15, 0.2) is 0 Å². The number of nitrogens with zero attached hydrogens (tertiary/aromatic N) is 2. The van der Waals surface area contributed by atoms with Crippen LogP contribution >= 0.6 is 50.1 Å². The number of aromatic nitrogens is 2. The first-order valence-electron chi connectivity index (χ1n) is 4.25. The summed E-state index contributed by atoms with van der Waals surface area (Å²) >= 11 is 11.3. The molecule has 0 aliphatic heterocycles. The van der Waals surface area contributed by atoms with E-state index in [1.165, 1.54) is 6.33 Å². The first-order chi connectivity index (χ1) is 7.66. The quantitative estimate of drug-likeness (QED) is 0.692. The van der Waals surface area contributed by atoms with Gasteiger partial charge in [0.25, 0.3) is 0 Å². The lowest BCUT2D eigenvalue weighted by Gasteiger charge is -2.07. The third-order valence-electron chi connectivity index (χ3n) is 1.73. The highest BCUT2D eigenvalue weighted by atomic mass is 127. The summed E-state index contributed by atoms with van der Waals surface area (Å²) in [6, 6.07) is 5.31. The van der Waals surface area contributed by atoms with Crippen LogP contribution < -0.4 is 4.74 Å². The molecule has 0 aliphatic carbocycles. The van der Waals surface area contributed by atoms with E-state index in [9.17, 15) is 0 Å². The lowest BCUT2D eigenvalue weighted by Crippen LogP contribution is -1.92. The van der Waals surface area contributed by atoms with Crippen LogP contribution in [0.2, 0.25) is 5.02 Å². The van der Waals surface area contributed by atoms with Crippen LogP contribution in [0.25, 0.3) is 0 Å². The average molecular weight is 411 g/mol. The number of ether oxygens (including phenoxy) is 1. The third-order valence-corrected chi connectivity index (χ3v) is 3.33. The standard InChI is InChI=1S/C10H5BrClIN2O/c11-7-3-6(12)1-2-9(7)16-10-8(13)4-14-5-15-10/h1-5H. The summed E-state index contributed by atoms with van der Waals surface area (Å²) in [5, 5.41) is 0.650. The van der Waals surface area contributed by atoms with Crippen molar-refractivity contribution in [3.05, 3.63) is 43.8 Å². The highest BCUT2D eigenvalue weighted by Crippen LogP contribution is 2.32. The zero-order chi connectivity index (χ0) is 11.5. The van der Waals surface area contributed by atoms with Crippen LogP contribution in [-0.2, 0) is 0 Å². The van der Waals surface area contributed by atoms with Gasteiger partial charge in [-0.25, -0.2) is 9.97 Å². The number of halogens is 3. The molecule has 2 aromatic rings. The maximum Gasteiger partial charge on any atom is 0.235 e. The van der Waals surface area contributed by atoms with E-state index in [0.29, 0.717) is 16.7 Å². The predicted molar refractivity (Wildman–Crippen MR) is 74.0 cm³/mol. The van der Waals surface area contributed by atoms with Gasteiger partial charge in [-0.2, -0.15) is 0 Å². The molecule has 0 spiro atoms. The highest BCUT2D eigenvalue weighted by Gasteiger charge is 2.07. The van der Waals surface area contributed by atoms with Gasteiger partial charge in [-0.15, -0.1) is 0 Å². The Bertz CT molecular complexity index is 524. The molecule has 0 aliphatic rings. The van der Waals surface area contributed by atoms with Crippen LogP contribution in [-0.4, -0.2) is 9.97 Å². The first kappa shape index (κ1) is 12.1. The molecule has 1 heterocycles. The van der Waals surface area contributed by atoms with E-state index in [-0.39, 0.29) is 0 Å². The minimum atomic E-state index is 0.527. The van der Waals surface area contributed by atoms with Gasteiger partial charge in [0.2, 0.25) is 5.88 Å². The molecule has 1 aromatic carbocycles. The van der Waals surface area contributed by atoms with Crippen molar-refractivity contribution in [3.8, 4) is 11.6 Å². The summed E-state index contributed by atoms with van der Waals surface area (Å²) in [7, 11) is 0.